The number of thiophene rings is 1. The number of carbonyl (C=O) groups excluding carboxylic acids is 1. The monoisotopic (exact) mass is 335 g/mol. The van der Waals surface area contributed by atoms with Crippen LogP contribution in [0.2, 0.25) is 0 Å². The molecule has 0 saturated carbocycles. The zero-order chi connectivity index (χ0) is 16.2. The number of rotatable bonds is 4. The maximum absolute atomic E-state index is 12.4. The van der Waals surface area contributed by atoms with Gasteiger partial charge in [-0.15, -0.1) is 21.5 Å². The molecule has 7 nitrogen and oxygen atoms in total. The van der Waals surface area contributed by atoms with E-state index in [-0.39, 0.29) is 12.1 Å². The number of amides is 2. The van der Waals surface area contributed by atoms with Gasteiger partial charge in [0, 0.05) is 23.3 Å². The van der Waals surface area contributed by atoms with Crippen LogP contribution in [0.1, 0.15) is 28.6 Å². The molecule has 23 heavy (non-hydrogen) atoms. The highest BCUT2D eigenvalue weighted by molar-refractivity contribution is 7.11. The minimum Gasteiger partial charge on any atom is -0.366 e. The molecule has 0 radical (unpaired) electrons. The van der Waals surface area contributed by atoms with Gasteiger partial charge in [-0.05, 0) is 18.6 Å². The molecular weight excluding hydrogens is 314 g/mol. The maximum atomic E-state index is 12.4. The second kappa shape index (κ2) is 7.10. The van der Waals surface area contributed by atoms with Crippen LogP contribution in [0, 0.1) is 0 Å². The lowest BCUT2D eigenvalue weighted by atomic mass is 10.2. The lowest BCUT2D eigenvalue weighted by Crippen LogP contribution is -2.47. The molecular formula is C15H21N5O2S. The Morgan fingerprint density at radius 3 is 3.00 bits per heavy atom. The molecule has 8 heteroatoms. The van der Waals surface area contributed by atoms with Gasteiger partial charge in [0.05, 0.1) is 19.7 Å². The molecule has 0 aliphatic carbocycles. The summed E-state index contributed by atoms with van der Waals surface area (Å²) in [6.07, 6.45) is 2.44. The predicted molar refractivity (Wildman–Crippen MR) is 87.2 cm³/mol. The van der Waals surface area contributed by atoms with E-state index in [1.807, 2.05) is 11.6 Å². The molecule has 1 atom stereocenters. The van der Waals surface area contributed by atoms with Crippen molar-refractivity contribution in [3.05, 3.63) is 34.0 Å². The summed E-state index contributed by atoms with van der Waals surface area (Å²) in [5.74, 6) is 0.744. The van der Waals surface area contributed by atoms with E-state index in [4.69, 9.17) is 4.74 Å². The lowest BCUT2D eigenvalue weighted by Gasteiger charge is -2.32. The van der Waals surface area contributed by atoms with E-state index in [0.717, 1.165) is 12.2 Å². The van der Waals surface area contributed by atoms with Crippen molar-refractivity contribution in [3.8, 4) is 0 Å². The molecule has 124 valence electrons. The lowest BCUT2D eigenvalue weighted by molar-refractivity contribution is -0.0214. The van der Waals surface area contributed by atoms with Gasteiger partial charge in [-0.3, -0.25) is 0 Å². The smallest absolute Gasteiger partial charge is 0.317 e. The highest BCUT2D eigenvalue weighted by Gasteiger charge is 2.28. The largest absolute Gasteiger partial charge is 0.366 e. The van der Waals surface area contributed by atoms with Crippen LogP contribution in [-0.2, 0) is 24.8 Å². The number of carbonyl (C=O) groups is 1. The van der Waals surface area contributed by atoms with Crippen LogP contribution in [0.5, 0.6) is 0 Å². The molecule has 1 aliphatic heterocycles. The number of aryl methyl sites for hydroxylation is 2. The van der Waals surface area contributed by atoms with Gasteiger partial charge >= 0.3 is 6.03 Å². The van der Waals surface area contributed by atoms with Crippen LogP contribution in [0.25, 0.3) is 0 Å². The van der Waals surface area contributed by atoms with E-state index < -0.39 is 0 Å². The van der Waals surface area contributed by atoms with E-state index >= 15 is 0 Å². The molecule has 0 spiro atoms. The molecule has 2 aromatic heterocycles. The Hall–Kier alpha value is -1.93. The van der Waals surface area contributed by atoms with Gasteiger partial charge in [-0.1, -0.05) is 6.92 Å². The molecule has 1 fully saturated rings. The summed E-state index contributed by atoms with van der Waals surface area (Å²) in [6, 6.07) is 4.13. The van der Waals surface area contributed by atoms with Gasteiger partial charge in [0.15, 0.2) is 5.82 Å². The highest BCUT2D eigenvalue weighted by atomic mass is 32.1. The molecule has 1 N–H and O–H groups in total. The first-order valence-electron chi connectivity index (χ1n) is 7.73. The summed E-state index contributed by atoms with van der Waals surface area (Å²) >= 11 is 1.74. The first kappa shape index (κ1) is 15.9. The van der Waals surface area contributed by atoms with Gasteiger partial charge < -0.3 is 19.5 Å². The topological polar surface area (TPSA) is 72.3 Å². The van der Waals surface area contributed by atoms with Crippen molar-refractivity contribution >= 4 is 17.4 Å². The molecule has 2 amide bonds. The van der Waals surface area contributed by atoms with Gasteiger partial charge in [0.2, 0.25) is 0 Å². The summed E-state index contributed by atoms with van der Waals surface area (Å²) in [4.78, 5) is 16.7. The first-order chi connectivity index (χ1) is 11.2. The third-order valence-electron chi connectivity index (χ3n) is 3.87. The van der Waals surface area contributed by atoms with Crippen LogP contribution in [0.15, 0.2) is 18.5 Å². The summed E-state index contributed by atoms with van der Waals surface area (Å²) in [6.45, 7) is 4.28. The number of ether oxygens (including phenoxy) is 1. The Bertz CT molecular complexity index is 668. The Labute approximate surface area is 139 Å². The van der Waals surface area contributed by atoms with Gasteiger partial charge in [-0.2, -0.15) is 0 Å². The number of nitrogens with one attached hydrogen (secondary N) is 1. The maximum Gasteiger partial charge on any atom is 0.317 e. The standard InChI is InChI=1S/C15H21N5O2S/c1-3-11-4-5-12(23-11)8-16-15(21)20-6-7-22-13(9-20)14-18-17-10-19(14)2/h4-5,10,13H,3,6-9H2,1-2H3,(H,16,21). The SMILES string of the molecule is CCc1ccc(CNC(=O)N2CCOC(c3nncn3C)C2)s1. The highest BCUT2D eigenvalue weighted by Crippen LogP contribution is 2.20. The van der Waals surface area contributed by atoms with E-state index in [9.17, 15) is 4.79 Å². The van der Waals surface area contributed by atoms with Gasteiger partial charge in [0.1, 0.15) is 12.4 Å². The molecule has 3 heterocycles. The summed E-state index contributed by atoms with van der Waals surface area (Å²) in [5, 5.41) is 10.9. The third-order valence-corrected chi connectivity index (χ3v) is 5.10. The molecule has 0 bridgehead atoms. The average Bonchev–Trinajstić information content (AvgIpc) is 3.21. The van der Waals surface area contributed by atoms with Crippen LogP contribution in [0.3, 0.4) is 0 Å². The molecule has 0 aromatic carbocycles. The quantitative estimate of drug-likeness (QED) is 0.923. The fourth-order valence-electron chi connectivity index (χ4n) is 2.56. The summed E-state index contributed by atoms with van der Waals surface area (Å²) < 4.78 is 7.54. The van der Waals surface area contributed by atoms with Crippen molar-refractivity contribution < 1.29 is 9.53 Å². The average molecular weight is 335 g/mol. The number of urea groups is 1. The summed E-state index contributed by atoms with van der Waals surface area (Å²) in [7, 11) is 1.87. The fraction of sp³-hybridized carbons (Fsp3) is 0.533. The second-order valence-electron chi connectivity index (χ2n) is 5.49. The molecule has 1 aliphatic rings. The molecule has 1 unspecified atom stereocenters. The minimum atomic E-state index is -0.226. The van der Waals surface area contributed by atoms with Crippen molar-refractivity contribution in [2.45, 2.75) is 26.0 Å². The van der Waals surface area contributed by atoms with Gasteiger partial charge in [-0.25, -0.2) is 4.79 Å². The number of hydrogen-bond donors (Lipinski definition) is 1. The second-order valence-corrected chi connectivity index (χ2v) is 6.74. The third kappa shape index (κ3) is 3.70. The Morgan fingerprint density at radius 2 is 2.30 bits per heavy atom. The van der Waals surface area contributed by atoms with Crippen molar-refractivity contribution in [2.75, 3.05) is 19.7 Å². The number of morpholine rings is 1. The van der Waals surface area contributed by atoms with Crippen LogP contribution < -0.4 is 5.32 Å². The zero-order valence-electron chi connectivity index (χ0n) is 13.4. The summed E-state index contributed by atoms with van der Waals surface area (Å²) in [5.41, 5.74) is 0. The van der Waals surface area contributed by atoms with Crippen LogP contribution >= 0.6 is 11.3 Å². The van der Waals surface area contributed by atoms with E-state index in [1.165, 1.54) is 9.75 Å². The molecule has 3 rings (SSSR count). The number of aromatic nitrogens is 3. The first-order valence-corrected chi connectivity index (χ1v) is 8.55. The zero-order valence-corrected chi connectivity index (χ0v) is 14.2. The number of hydrogen-bond acceptors (Lipinski definition) is 5. The fourth-order valence-corrected chi connectivity index (χ4v) is 3.45. The van der Waals surface area contributed by atoms with Crippen molar-refractivity contribution in [1.29, 1.82) is 0 Å². The van der Waals surface area contributed by atoms with Crippen molar-refractivity contribution in [2.24, 2.45) is 7.05 Å². The van der Waals surface area contributed by atoms with Crippen LogP contribution in [-0.4, -0.2) is 45.4 Å². The Kier molecular flexibility index (Phi) is 4.92. The van der Waals surface area contributed by atoms with Crippen molar-refractivity contribution in [1.82, 2.24) is 25.0 Å². The van der Waals surface area contributed by atoms with Gasteiger partial charge in [0.25, 0.3) is 0 Å². The number of nitrogens with zero attached hydrogens (tertiary/aromatic N) is 4. The van der Waals surface area contributed by atoms with Crippen LogP contribution in [0.4, 0.5) is 4.79 Å². The molecule has 2 aromatic rings. The Morgan fingerprint density at radius 1 is 1.48 bits per heavy atom. The van der Waals surface area contributed by atoms with E-state index in [1.54, 1.807) is 22.6 Å². The predicted octanol–water partition coefficient (Wildman–Crippen LogP) is 1.72. The minimum absolute atomic E-state index is 0.0630. The Balaban J connectivity index is 1.55. The van der Waals surface area contributed by atoms with E-state index in [0.29, 0.717) is 26.2 Å². The van der Waals surface area contributed by atoms with E-state index in [2.05, 4.69) is 34.6 Å². The normalized spacial score (nSPS) is 18.2. The van der Waals surface area contributed by atoms with Crippen molar-refractivity contribution in [3.63, 3.8) is 0 Å². The molecule has 1 saturated heterocycles.